The van der Waals surface area contributed by atoms with Crippen LogP contribution in [0.4, 0.5) is 0 Å². The number of carbonyl (C=O) groups excluding carboxylic acids is 1. The number of esters is 1. The van der Waals surface area contributed by atoms with Gasteiger partial charge in [0.1, 0.15) is 7.11 Å². The summed E-state index contributed by atoms with van der Waals surface area (Å²) >= 11 is 0. The van der Waals surface area contributed by atoms with Crippen molar-refractivity contribution >= 4 is 16.9 Å². The average Bonchev–Trinajstić information content (AvgIpc) is 2.94. The molecule has 0 unspecified atom stereocenters. The summed E-state index contributed by atoms with van der Waals surface area (Å²) in [4.78, 5) is 17.3. The summed E-state index contributed by atoms with van der Waals surface area (Å²) in [5.41, 5.74) is 3.54. The molecule has 0 amide bonds. The molecule has 3 rings (SSSR count). The molecule has 4 nitrogen and oxygen atoms in total. The maximum Gasteiger partial charge on any atom is 0.338 e. The molecule has 0 atom stereocenters. The fraction of sp³-hybridized carbons (Fsp3) is 0.167. The molecule has 0 aliphatic carbocycles. The lowest BCUT2D eigenvalue weighted by molar-refractivity contribution is 0.0526. The largest absolute Gasteiger partial charge is 0.462 e. The Bertz CT molecular complexity index is 806. The van der Waals surface area contributed by atoms with Crippen molar-refractivity contribution in [1.82, 2.24) is 4.73 Å². The Morgan fingerprint density at radius 2 is 1.91 bits per heavy atom. The highest BCUT2D eigenvalue weighted by Crippen LogP contribution is 2.31. The number of aromatic nitrogens is 1. The number of hydrogen-bond donors (Lipinski definition) is 0. The van der Waals surface area contributed by atoms with Crippen molar-refractivity contribution in [3.63, 3.8) is 0 Å². The highest BCUT2D eigenvalue weighted by molar-refractivity contribution is 6.01. The van der Waals surface area contributed by atoms with Crippen LogP contribution in [0.15, 0.2) is 54.7 Å². The maximum atomic E-state index is 12.0. The molecule has 3 aromatic rings. The number of nitrogens with zero attached hydrogens (tertiary/aromatic N) is 1. The Morgan fingerprint density at radius 1 is 1.14 bits per heavy atom. The Labute approximate surface area is 128 Å². The molecule has 22 heavy (non-hydrogen) atoms. The maximum absolute atomic E-state index is 12.0. The molecule has 0 fully saturated rings. The minimum Gasteiger partial charge on any atom is -0.462 e. The van der Waals surface area contributed by atoms with Gasteiger partial charge in [0, 0.05) is 10.9 Å². The zero-order chi connectivity index (χ0) is 15.5. The zero-order valence-corrected chi connectivity index (χ0v) is 12.6. The molecule has 0 aliphatic rings. The van der Waals surface area contributed by atoms with Crippen molar-refractivity contribution < 1.29 is 14.4 Å². The van der Waals surface area contributed by atoms with Crippen molar-refractivity contribution in [3.05, 3.63) is 60.3 Å². The second-order valence-corrected chi connectivity index (χ2v) is 4.87. The average molecular weight is 295 g/mol. The van der Waals surface area contributed by atoms with Crippen LogP contribution in [0, 0.1) is 0 Å². The fourth-order valence-corrected chi connectivity index (χ4v) is 2.54. The van der Waals surface area contributed by atoms with Gasteiger partial charge in [-0.2, -0.15) is 4.73 Å². The highest BCUT2D eigenvalue weighted by Gasteiger charge is 2.14. The van der Waals surface area contributed by atoms with Crippen molar-refractivity contribution in [2.24, 2.45) is 0 Å². The molecule has 0 aliphatic heterocycles. The molecule has 0 spiro atoms. The van der Waals surface area contributed by atoms with Crippen molar-refractivity contribution in [2.75, 3.05) is 13.7 Å². The number of ether oxygens (including phenoxy) is 1. The molecular formula is C18H17NO3. The fourth-order valence-electron chi connectivity index (χ4n) is 2.54. The molecule has 0 saturated heterocycles. The predicted molar refractivity (Wildman–Crippen MR) is 85.8 cm³/mol. The van der Waals surface area contributed by atoms with Crippen LogP contribution >= 0.6 is 0 Å². The second-order valence-electron chi connectivity index (χ2n) is 4.87. The van der Waals surface area contributed by atoms with E-state index in [2.05, 4.69) is 0 Å². The van der Waals surface area contributed by atoms with E-state index in [0.717, 1.165) is 22.0 Å². The lowest BCUT2D eigenvalue weighted by atomic mass is 10.0. The van der Waals surface area contributed by atoms with Crippen LogP contribution in [-0.2, 0) is 4.74 Å². The first-order valence-electron chi connectivity index (χ1n) is 7.16. The van der Waals surface area contributed by atoms with Gasteiger partial charge < -0.3 is 9.57 Å². The van der Waals surface area contributed by atoms with Gasteiger partial charge in [0.2, 0.25) is 0 Å². The molecule has 0 saturated carbocycles. The molecule has 2 aromatic carbocycles. The van der Waals surface area contributed by atoms with Gasteiger partial charge in [-0.25, -0.2) is 4.79 Å². The van der Waals surface area contributed by atoms with Crippen LogP contribution in [0.3, 0.4) is 0 Å². The first-order chi connectivity index (χ1) is 10.7. The van der Waals surface area contributed by atoms with E-state index in [-0.39, 0.29) is 5.97 Å². The van der Waals surface area contributed by atoms with Gasteiger partial charge in [0.25, 0.3) is 0 Å². The quantitative estimate of drug-likeness (QED) is 0.691. The lowest BCUT2D eigenvalue weighted by Gasteiger charge is -2.04. The summed E-state index contributed by atoms with van der Waals surface area (Å²) < 4.78 is 6.78. The van der Waals surface area contributed by atoms with E-state index < -0.39 is 0 Å². The molecule has 1 aromatic heterocycles. The normalized spacial score (nSPS) is 10.6. The predicted octanol–water partition coefficient (Wildman–Crippen LogP) is 3.54. The van der Waals surface area contributed by atoms with Crippen molar-refractivity contribution in [1.29, 1.82) is 0 Å². The highest BCUT2D eigenvalue weighted by atomic mass is 16.6. The van der Waals surface area contributed by atoms with Crippen LogP contribution in [0.25, 0.3) is 22.0 Å². The third kappa shape index (κ3) is 2.44. The number of rotatable bonds is 4. The summed E-state index contributed by atoms with van der Waals surface area (Å²) in [6, 6.07) is 15.5. The Hall–Kier alpha value is -2.75. The van der Waals surface area contributed by atoms with E-state index >= 15 is 0 Å². The van der Waals surface area contributed by atoms with Crippen molar-refractivity contribution in [2.45, 2.75) is 6.92 Å². The molecule has 0 radical (unpaired) electrons. The minimum atomic E-state index is -0.312. The molecular weight excluding hydrogens is 278 g/mol. The lowest BCUT2D eigenvalue weighted by Crippen LogP contribution is -2.05. The SMILES string of the molecule is CCOC(=O)c1ccc2c(c1)c(-c1ccccc1)cn2OC. The van der Waals surface area contributed by atoms with Crippen LogP contribution in [0.5, 0.6) is 0 Å². The summed E-state index contributed by atoms with van der Waals surface area (Å²) in [5, 5.41) is 0.957. The van der Waals surface area contributed by atoms with Gasteiger partial charge >= 0.3 is 5.97 Å². The van der Waals surface area contributed by atoms with Gasteiger partial charge in [-0.15, -0.1) is 0 Å². The third-order valence-corrected chi connectivity index (χ3v) is 3.56. The van der Waals surface area contributed by atoms with E-state index in [0.29, 0.717) is 12.2 Å². The Morgan fingerprint density at radius 3 is 2.59 bits per heavy atom. The summed E-state index contributed by atoms with van der Waals surface area (Å²) in [6.45, 7) is 2.16. The van der Waals surface area contributed by atoms with Gasteiger partial charge in [0.05, 0.1) is 23.9 Å². The molecule has 0 bridgehead atoms. The molecule has 1 heterocycles. The summed E-state index contributed by atoms with van der Waals surface area (Å²) in [6.07, 6.45) is 1.93. The van der Waals surface area contributed by atoms with Crippen LogP contribution in [0.1, 0.15) is 17.3 Å². The van der Waals surface area contributed by atoms with E-state index in [1.807, 2.05) is 48.7 Å². The topological polar surface area (TPSA) is 40.5 Å². The Balaban J connectivity index is 2.19. The smallest absolute Gasteiger partial charge is 0.338 e. The van der Waals surface area contributed by atoms with Crippen LogP contribution in [-0.4, -0.2) is 24.4 Å². The third-order valence-electron chi connectivity index (χ3n) is 3.56. The standard InChI is InChI=1S/C18H17NO3/c1-3-22-18(20)14-9-10-17-15(11-14)16(12-19(17)21-2)13-7-5-4-6-8-13/h4-12H,3H2,1-2H3. The van der Waals surface area contributed by atoms with Gasteiger partial charge in [0.15, 0.2) is 0 Å². The summed E-state index contributed by atoms with van der Waals surface area (Å²) in [7, 11) is 1.62. The van der Waals surface area contributed by atoms with Gasteiger partial charge in [-0.1, -0.05) is 30.3 Å². The first kappa shape index (κ1) is 14.2. The van der Waals surface area contributed by atoms with E-state index in [9.17, 15) is 4.79 Å². The monoisotopic (exact) mass is 295 g/mol. The second kappa shape index (κ2) is 5.93. The number of fused-ring (bicyclic) bond motifs is 1. The van der Waals surface area contributed by atoms with E-state index in [1.165, 1.54) is 0 Å². The Kier molecular flexibility index (Phi) is 3.83. The molecule has 0 N–H and O–H groups in total. The number of benzene rings is 2. The number of carbonyl (C=O) groups is 1. The molecule has 4 heteroatoms. The van der Waals surface area contributed by atoms with Crippen molar-refractivity contribution in [3.8, 4) is 11.1 Å². The van der Waals surface area contributed by atoms with Gasteiger partial charge in [-0.05, 0) is 30.7 Å². The van der Waals surface area contributed by atoms with Crippen LogP contribution < -0.4 is 4.84 Å². The van der Waals surface area contributed by atoms with E-state index in [1.54, 1.807) is 24.8 Å². The number of hydrogen-bond acceptors (Lipinski definition) is 3. The van der Waals surface area contributed by atoms with E-state index in [4.69, 9.17) is 9.57 Å². The minimum absolute atomic E-state index is 0.312. The molecule has 112 valence electrons. The zero-order valence-electron chi connectivity index (χ0n) is 12.6. The van der Waals surface area contributed by atoms with Crippen LogP contribution in [0.2, 0.25) is 0 Å². The van der Waals surface area contributed by atoms with Gasteiger partial charge in [-0.3, -0.25) is 0 Å². The summed E-state index contributed by atoms with van der Waals surface area (Å²) in [5.74, 6) is -0.312. The first-order valence-corrected chi connectivity index (χ1v) is 7.16.